The maximum absolute atomic E-state index is 12.7. The summed E-state index contributed by atoms with van der Waals surface area (Å²) in [5.41, 5.74) is 4.14. The van der Waals surface area contributed by atoms with Crippen LogP contribution in [-0.4, -0.2) is 42.0 Å². The van der Waals surface area contributed by atoms with Crippen molar-refractivity contribution in [2.24, 2.45) is 5.92 Å². The molecular weight excluding hydrogens is 378 g/mol. The molecule has 1 aromatic heterocycles. The van der Waals surface area contributed by atoms with Crippen molar-refractivity contribution in [3.63, 3.8) is 0 Å². The molecule has 3 aliphatic carbocycles. The van der Waals surface area contributed by atoms with E-state index in [0.717, 1.165) is 42.6 Å². The van der Waals surface area contributed by atoms with Crippen LogP contribution in [0.2, 0.25) is 0 Å². The lowest BCUT2D eigenvalue weighted by atomic mass is 9.57. The molecule has 5 heteroatoms. The number of unbranched alkanes of at least 4 members (excludes halogenated alkanes) is 1. The molecular formula is C25H29NO4. The Morgan fingerprint density at radius 2 is 2.20 bits per heavy atom. The number of carbonyl (C=O) groups is 1. The third kappa shape index (κ3) is 2.04. The van der Waals surface area contributed by atoms with Gasteiger partial charge in [-0.05, 0) is 55.0 Å². The van der Waals surface area contributed by atoms with E-state index in [9.17, 15) is 9.90 Å². The highest BCUT2D eigenvalue weighted by atomic mass is 16.5. The normalized spacial score (nSPS) is 33.7. The largest absolute Gasteiger partial charge is 0.504 e. The Bertz CT molecular complexity index is 1030. The van der Waals surface area contributed by atoms with Crippen molar-refractivity contribution in [3.05, 3.63) is 35.8 Å². The number of aromatic hydroxyl groups is 1. The number of Topliss-reactive ketones (excluding diaryl/α,β-unsaturated/α-hetero) is 1. The summed E-state index contributed by atoms with van der Waals surface area (Å²) in [6.07, 6.45) is 9.02. The highest BCUT2D eigenvalue weighted by Crippen LogP contribution is 2.75. The van der Waals surface area contributed by atoms with Crippen LogP contribution in [0.1, 0.15) is 56.6 Å². The smallest absolute Gasteiger partial charge is 0.161 e. The SMILES string of the molecule is CCCCN1CC23C[C@]4(CC(=O)CCC4C12)c1c(O)c(OC)cc(-c2ccoc2)c13. The number of benzene rings is 1. The van der Waals surface area contributed by atoms with E-state index < -0.39 is 0 Å². The van der Waals surface area contributed by atoms with Gasteiger partial charge in [0.1, 0.15) is 5.78 Å². The number of fused-ring (bicyclic) bond motifs is 2. The van der Waals surface area contributed by atoms with Gasteiger partial charge in [0.05, 0.1) is 19.6 Å². The Morgan fingerprint density at radius 3 is 2.93 bits per heavy atom. The molecule has 3 fully saturated rings. The van der Waals surface area contributed by atoms with Crippen LogP contribution in [0, 0.1) is 5.92 Å². The zero-order valence-electron chi connectivity index (χ0n) is 17.7. The van der Waals surface area contributed by atoms with Crippen LogP contribution in [0.4, 0.5) is 0 Å². The van der Waals surface area contributed by atoms with E-state index in [-0.39, 0.29) is 16.6 Å². The third-order valence-electron chi connectivity index (χ3n) is 8.53. The molecule has 0 amide bonds. The molecule has 2 spiro atoms. The number of phenolic OH excluding ortho intramolecular Hbond substituents is 1. The van der Waals surface area contributed by atoms with Gasteiger partial charge in [0.25, 0.3) is 0 Å². The highest BCUT2D eigenvalue weighted by Gasteiger charge is 2.76. The van der Waals surface area contributed by atoms with Gasteiger partial charge in [-0.1, -0.05) is 13.3 Å². The van der Waals surface area contributed by atoms with Crippen LogP contribution in [0.15, 0.2) is 29.1 Å². The van der Waals surface area contributed by atoms with Gasteiger partial charge in [-0.15, -0.1) is 0 Å². The van der Waals surface area contributed by atoms with Crippen molar-refractivity contribution in [1.29, 1.82) is 0 Å². The molecule has 4 atom stereocenters. The number of hydrogen-bond donors (Lipinski definition) is 1. The molecule has 0 radical (unpaired) electrons. The second-order valence-corrected chi connectivity index (χ2v) is 9.86. The van der Waals surface area contributed by atoms with Gasteiger partial charge in [0.15, 0.2) is 11.5 Å². The predicted octanol–water partition coefficient (Wildman–Crippen LogP) is 4.41. The first kappa shape index (κ1) is 18.5. The van der Waals surface area contributed by atoms with E-state index >= 15 is 0 Å². The van der Waals surface area contributed by atoms with Crippen LogP contribution < -0.4 is 4.74 Å². The fraction of sp³-hybridized carbons (Fsp3) is 0.560. The maximum Gasteiger partial charge on any atom is 0.161 e. The highest BCUT2D eigenvalue weighted by molar-refractivity contribution is 5.86. The lowest BCUT2D eigenvalue weighted by Gasteiger charge is -2.59. The number of furan rings is 1. The van der Waals surface area contributed by atoms with Gasteiger partial charge < -0.3 is 14.3 Å². The van der Waals surface area contributed by atoms with Crippen LogP contribution in [-0.2, 0) is 15.6 Å². The first-order valence-electron chi connectivity index (χ1n) is 11.3. The summed E-state index contributed by atoms with van der Waals surface area (Å²) >= 11 is 0. The number of ether oxygens (including phenoxy) is 1. The lowest BCUT2D eigenvalue weighted by molar-refractivity contribution is -0.124. The zero-order chi connectivity index (χ0) is 20.7. The van der Waals surface area contributed by atoms with Gasteiger partial charge >= 0.3 is 0 Å². The summed E-state index contributed by atoms with van der Waals surface area (Å²) in [6.45, 7) is 4.39. The Labute approximate surface area is 177 Å². The monoisotopic (exact) mass is 407 g/mol. The van der Waals surface area contributed by atoms with Crippen molar-refractivity contribution in [2.75, 3.05) is 20.2 Å². The number of ketones is 1. The Kier molecular flexibility index (Phi) is 3.78. The number of methoxy groups -OCH3 is 1. The van der Waals surface area contributed by atoms with E-state index in [1.54, 1.807) is 19.6 Å². The number of nitrogens with zero attached hydrogens (tertiary/aromatic N) is 1. The molecule has 1 aromatic carbocycles. The first-order chi connectivity index (χ1) is 14.6. The summed E-state index contributed by atoms with van der Waals surface area (Å²) in [4.78, 5) is 15.4. The molecule has 2 heterocycles. The van der Waals surface area contributed by atoms with Crippen LogP contribution >= 0.6 is 0 Å². The van der Waals surface area contributed by atoms with Crippen LogP contribution in [0.25, 0.3) is 11.1 Å². The second-order valence-electron chi connectivity index (χ2n) is 9.86. The minimum atomic E-state index is -0.257. The fourth-order valence-electron chi connectivity index (χ4n) is 7.68. The van der Waals surface area contributed by atoms with E-state index in [2.05, 4.69) is 11.8 Å². The van der Waals surface area contributed by atoms with Gasteiger partial charge in [-0.3, -0.25) is 9.69 Å². The Morgan fingerprint density at radius 1 is 1.33 bits per heavy atom. The van der Waals surface area contributed by atoms with E-state index in [1.165, 1.54) is 18.4 Å². The number of likely N-dealkylation sites (tertiary alicyclic amines) is 1. The summed E-state index contributed by atoms with van der Waals surface area (Å²) in [6, 6.07) is 4.43. The molecule has 2 bridgehead atoms. The summed E-state index contributed by atoms with van der Waals surface area (Å²) in [5.74, 6) is 1.52. The molecule has 1 saturated heterocycles. The molecule has 158 valence electrons. The van der Waals surface area contributed by atoms with Crippen molar-refractivity contribution in [2.45, 2.75) is 62.3 Å². The minimum Gasteiger partial charge on any atom is -0.504 e. The molecule has 1 N–H and O–H groups in total. The maximum atomic E-state index is 12.7. The lowest BCUT2D eigenvalue weighted by Crippen LogP contribution is -2.68. The standard InChI is InChI=1S/C25H29NO4/c1-3-4-8-26-14-25-13-24(11-16(27)5-6-18(24)23(25)26)21-20(25)17(15-7-9-30-12-15)10-19(29-2)22(21)28/h7,9-10,12,18,23,28H,3-6,8,11,13-14H2,1-2H3/t18?,23?,24-,25?/m0/s1. The van der Waals surface area contributed by atoms with Gasteiger partial charge in [-0.25, -0.2) is 0 Å². The summed E-state index contributed by atoms with van der Waals surface area (Å²) < 4.78 is 11.0. The second kappa shape index (κ2) is 6.13. The van der Waals surface area contributed by atoms with E-state index in [1.807, 2.05) is 12.1 Å². The predicted molar refractivity (Wildman–Crippen MR) is 113 cm³/mol. The van der Waals surface area contributed by atoms with Gasteiger partial charge in [0.2, 0.25) is 0 Å². The van der Waals surface area contributed by atoms with Crippen molar-refractivity contribution in [3.8, 4) is 22.6 Å². The average Bonchev–Trinajstić information content (AvgIpc) is 3.39. The molecule has 1 aliphatic heterocycles. The third-order valence-corrected chi connectivity index (χ3v) is 8.53. The molecule has 4 aliphatic rings. The van der Waals surface area contributed by atoms with Crippen molar-refractivity contribution in [1.82, 2.24) is 4.90 Å². The van der Waals surface area contributed by atoms with E-state index in [0.29, 0.717) is 36.3 Å². The van der Waals surface area contributed by atoms with Crippen molar-refractivity contribution >= 4 is 5.78 Å². The van der Waals surface area contributed by atoms with E-state index in [4.69, 9.17) is 9.15 Å². The number of rotatable bonds is 5. The average molecular weight is 408 g/mol. The molecule has 6 rings (SSSR count). The quantitative estimate of drug-likeness (QED) is 0.796. The zero-order valence-corrected chi connectivity index (χ0v) is 17.7. The van der Waals surface area contributed by atoms with Gasteiger partial charge in [0, 0.05) is 47.4 Å². The summed E-state index contributed by atoms with van der Waals surface area (Å²) in [7, 11) is 1.60. The Hall–Kier alpha value is -2.27. The number of hydrogen-bond acceptors (Lipinski definition) is 5. The minimum absolute atomic E-state index is 0.0225. The van der Waals surface area contributed by atoms with Gasteiger partial charge in [-0.2, -0.15) is 0 Å². The van der Waals surface area contributed by atoms with Crippen LogP contribution in [0.5, 0.6) is 11.5 Å². The topological polar surface area (TPSA) is 62.9 Å². The molecule has 3 unspecified atom stereocenters. The molecule has 30 heavy (non-hydrogen) atoms. The van der Waals surface area contributed by atoms with Crippen molar-refractivity contribution < 1.29 is 19.1 Å². The Balaban J connectivity index is 1.60. The first-order valence-corrected chi connectivity index (χ1v) is 11.3. The molecule has 2 saturated carbocycles. The summed E-state index contributed by atoms with van der Waals surface area (Å²) in [5, 5.41) is 11.3. The molecule has 5 nitrogen and oxygen atoms in total. The number of carbonyl (C=O) groups excluding carboxylic acids is 1. The fourth-order valence-corrected chi connectivity index (χ4v) is 7.68. The molecule has 2 aromatic rings. The number of phenols is 1. The van der Waals surface area contributed by atoms with Crippen LogP contribution in [0.3, 0.4) is 0 Å².